The summed E-state index contributed by atoms with van der Waals surface area (Å²) in [5.74, 6) is -1.54. The summed E-state index contributed by atoms with van der Waals surface area (Å²) in [5, 5.41) is 18.9. The van der Waals surface area contributed by atoms with Crippen molar-refractivity contribution >= 4 is 11.9 Å². The molecule has 0 bridgehead atoms. The fourth-order valence-corrected chi connectivity index (χ4v) is 4.11. The van der Waals surface area contributed by atoms with Gasteiger partial charge < -0.3 is 10.2 Å². The van der Waals surface area contributed by atoms with Gasteiger partial charge in [0.2, 0.25) is 0 Å². The minimum Gasteiger partial charge on any atom is -0.481 e. The lowest BCUT2D eigenvalue weighted by Gasteiger charge is -2.30. The standard InChI is InChI=1S/C24H46O4/c1-3-5-7-9-11-12-14-16-20-24(23(27)28,21-17-18-22(25)26)19-15-13-10-8-6-4-2/h3-21H2,1-2H3,(H,25,26)(H,27,28). The Labute approximate surface area is 173 Å². The average Bonchev–Trinajstić information content (AvgIpc) is 2.65. The Kier molecular flexibility index (Phi) is 17.3. The predicted octanol–water partition coefficient (Wildman–Crippen LogP) is 7.59. The molecule has 0 rings (SSSR count). The lowest BCUT2D eigenvalue weighted by atomic mass is 9.74. The summed E-state index contributed by atoms with van der Waals surface area (Å²) in [6, 6.07) is 0. The summed E-state index contributed by atoms with van der Waals surface area (Å²) in [6.07, 6.45) is 19.0. The molecule has 0 fully saturated rings. The van der Waals surface area contributed by atoms with Crippen molar-refractivity contribution in [1.29, 1.82) is 0 Å². The highest BCUT2D eigenvalue weighted by atomic mass is 16.4. The number of carboxylic acids is 2. The average molecular weight is 399 g/mol. The fourth-order valence-electron chi connectivity index (χ4n) is 4.11. The smallest absolute Gasteiger partial charge is 0.309 e. The zero-order chi connectivity index (χ0) is 21.1. The second-order valence-electron chi connectivity index (χ2n) is 8.58. The van der Waals surface area contributed by atoms with E-state index in [9.17, 15) is 14.7 Å². The van der Waals surface area contributed by atoms with Gasteiger partial charge in [-0.05, 0) is 25.7 Å². The number of unbranched alkanes of at least 4 members (excludes halogenated alkanes) is 12. The van der Waals surface area contributed by atoms with E-state index < -0.39 is 17.4 Å². The molecule has 4 nitrogen and oxygen atoms in total. The van der Waals surface area contributed by atoms with Crippen molar-refractivity contribution in [3.63, 3.8) is 0 Å². The molecule has 166 valence electrons. The maximum atomic E-state index is 12.2. The van der Waals surface area contributed by atoms with E-state index in [0.717, 1.165) is 25.7 Å². The van der Waals surface area contributed by atoms with Crippen LogP contribution in [0.1, 0.15) is 136 Å². The molecule has 0 aliphatic heterocycles. The molecule has 2 N–H and O–H groups in total. The maximum absolute atomic E-state index is 12.2. The first-order valence-corrected chi connectivity index (χ1v) is 11.9. The van der Waals surface area contributed by atoms with Crippen LogP contribution in [0, 0.1) is 5.41 Å². The van der Waals surface area contributed by atoms with Gasteiger partial charge in [0.15, 0.2) is 0 Å². The van der Waals surface area contributed by atoms with E-state index in [2.05, 4.69) is 13.8 Å². The Balaban J connectivity index is 4.44. The number of rotatable bonds is 21. The van der Waals surface area contributed by atoms with Crippen molar-refractivity contribution in [3.05, 3.63) is 0 Å². The molecular formula is C24H46O4. The topological polar surface area (TPSA) is 74.6 Å². The first-order valence-electron chi connectivity index (χ1n) is 11.9. The Morgan fingerprint density at radius 3 is 1.29 bits per heavy atom. The minimum absolute atomic E-state index is 0.0724. The van der Waals surface area contributed by atoms with Crippen molar-refractivity contribution < 1.29 is 19.8 Å². The van der Waals surface area contributed by atoms with Crippen LogP contribution in [0.3, 0.4) is 0 Å². The zero-order valence-corrected chi connectivity index (χ0v) is 18.6. The van der Waals surface area contributed by atoms with Crippen LogP contribution >= 0.6 is 0 Å². The van der Waals surface area contributed by atoms with Gasteiger partial charge in [-0.1, -0.05) is 104 Å². The molecule has 28 heavy (non-hydrogen) atoms. The molecule has 1 atom stereocenters. The Bertz CT molecular complexity index is 394. The molecule has 0 saturated carbocycles. The lowest BCUT2D eigenvalue weighted by molar-refractivity contribution is -0.151. The van der Waals surface area contributed by atoms with E-state index in [1.165, 1.54) is 64.2 Å². The largest absolute Gasteiger partial charge is 0.481 e. The van der Waals surface area contributed by atoms with Gasteiger partial charge in [0.05, 0.1) is 5.41 Å². The molecule has 0 aromatic carbocycles. The van der Waals surface area contributed by atoms with Gasteiger partial charge in [0, 0.05) is 6.42 Å². The molecule has 0 radical (unpaired) electrons. The summed E-state index contributed by atoms with van der Waals surface area (Å²) in [4.78, 5) is 23.0. The molecular weight excluding hydrogens is 352 g/mol. The summed E-state index contributed by atoms with van der Waals surface area (Å²) in [6.45, 7) is 4.42. The van der Waals surface area contributed by atoms with Crippen LogP contribution in [-0.4, -0.2) is 22.2 Å². The summed E-state index contributed by atoms with van der Waals surface area (Å²) in [7, 11) is 0. The third kappa shape index (κ3) is 14.0. The van der Waals surface area contributed by atoms with E-state index in [-0.39, 0.29) is 6.42 Å². The van der Waals surface area contributed by atoms with Crippen LogP contribution in [0.2, 0.25) is 0 Å². The Morgan fingerprint density at radius 2 is 0.929 bits per heavy atom. The quantitative estimate of drug-likeness (QED) is 0.195. The van der Waals surface area contributed by atoms with E-state index in [1.807, 2.05) is 0 Å². The molecule has 4 heteroatoms. The molecule has 0 amide bonds. The Morgan fingerprint density at radius 1 is 0.571 bits per heavy atom. The molecule has 0 aromatic heterocycles. The fraction of sp³-hybridized carbons (Fsp3) is 0.917. The minimum atomic E-state index is -0.828. The molecule has 1 unspecified atom stereocenters. The van der Waals surface area contributed by atoms with Crippen LogP contribution < -0.4 is 0 Å². The van der Waals surface area contributed by atoms with Gasteiger partial charge in [-0.15, -0.1) is 0 Å². The second-order valence-corrected chi connectivity index (χ2v) is 8.58. The van der Waals surface area contributed by atoms with Gasteiger partial charge >= 0.3 is 11.9 Å². The molecule has 0 heterocycles. The van der Waals surface area contributed by atoms with Crippen LogP contribution in [-0.2, 0) is 9.59 Å². The summed E-state index contributed by atoms with van der Waals surface area (Å²) in [5.41, 5.74) is -0.720. The normalized spacial score (nSPS) is 13.4. The summed E-state index contributed by atoms with van der Waals surface area (Å²) < 4.78 is 0. The molecule has 0 saturated heterocycles. The van der Waals surface area contributed by atoms with E-state index in [4.69, 9.17) is 5.11 Å². The molecule has 0 aliphatic carbocycles. The highest BCUT2D eigenvalue weighted by molar-refractivity contribution is 5.74. The van der Waals surface area contributed by atoms with Crippen molar-refractivity contribution in [2.75, 3.05) is 0 Å². The number of carbonyl (C=O) groups is 2. The highest BCUT2D eigenvalue weighted by Gasteiger charge is 2.36. The van der Waals surface area contributed by atoms with Crippen molar-refractivity contribution in [3.8, 4) is 0 Å². The second kappa shape index (κ2) is 18.0. The van der Waals surface area contributed by atoms with Crippen LogP contribution in [0.15, 0.2) is 0 Å². The van der Waals surface area contributed by atoms with Crippen molar-refractivity contribution in [1.82, 2.24) is 0 Å². The summed E-state index contributed by atoms with van der Waals surface area (Å²) >= 11 is 0. The SMILES string of the molecule is CCCCCCCCCCC(CCCCCCCC)(CCCC(=O)O)C(=O)O. The van der Waals surface area contributed by atoms with Gasteiger partial charge in [-0.3, -0.25) is 9.59 Å². The van der Waals surface area contributed by atoms with E-state index in [0.29, 0.717) is 25.7 Å². The Hall–Kier alpha value is -1.06. The van der Waals surface area contributed by atoms with Crippen molar-refractivity contribution in [2.24, 2.45) is 5.41 Å². The van der Waals surface area contributed by atoms with Gasteiger partial charge in [-0.25, -0.2) is 0 Å². The lowest BCUT2D eigenvalue weighted by Crippen LogP contribution is -2.31. The molecule has 0 aliphatic rings. The van der Waals surface area contributed by atoms with Gasteiger partial charge in [0.1, 0.15) is 0 Å². The molecule has 0 spiro atoms. The van der Waals surface area contributed by atoms with E-state index in [1.54, 1.807) is 0 Å². The van der Waals surface area contributed by atoms with Crippen LogP contribution in [0.5, 0.6) is 0 Å². The van der Waals surface area contributed by atoms with Crippen molar-refractivity contribution in [2.45, 2.75) is 136 Å². The monoisotopic (exact) mass is 398 g/mol. The predicted molar refractivity (Wildman–Crippen MR) is 117 cm³/mol. The highest BCUT2D eigenvalue weighted by Crippen LogP contribution is 2.37. The number of carboxylic acid groups (broad SMARTS) is 2. The first kappa shape index (κ1) is 26.9. The third-order valence-electron chi connectivity index (χ3n) is 6.02. The number of hydrogen-bond donors (Lipinski definition) is 2. The molecule has 0 aromatic rings. The van der Waals surface area contributed by atoms with Gasteiger partial charge in [-0.2, -0.15) is 0 Å². The van der Waals surface area contributed by atoms with Crippen LogP contribution in [0.25, 0.3) is 0 Å². The van der Waals surface area contributed by atoms with Crippen LogP contribution in [0.4, 0.5) is 0 Å². The first-order chi connectivity index (χ1) is 13.5. The number of aliphatic carboxylic acids is 2. The van der Waals surface area contributed by atoms with E-state index >= 15 is 0 Å². The number of hydrogen-bond acceptors (Lipinski definition) is 2. The zero-order valence-electron chi connectivity index (χ0n) is 18.6. The van der Waals surface area contributed by atoms with Gasteiger partial charge in [0.25, 0.3) is 0 Å². The third-order valence-corrected chi connectivity index (χ3v) is 6.02. The maximum Gasteiger partial charge on any atom is 0.309 e.